The predicted octanol–water partition coefficient (Wildman–Crippen LogP) is 1.87. The number of carbonyl (C=O) groups is 1. The number of likely N-dealkylation sites (tertiary alicyclic amines) is 1. The molecule has 2 amide bonds. The molecule has 2 saturated heterocycles. The molecule has 0 unspecified atom stereocenters. The molecule has 2 heterocycles. The van der Waals surface area contributed by atoms with Gasteiger partial charge in [0.2, 0.25) is 0 Å². The number of ether oxygens (including phenoxy) is 2. The van der Waals surface area contributed by atoms with Crippen LogP contribution in [0.3, 0.4) is 0 Å². The van der Waals surface area contributed by atoms with E-state index < -0.39 is 5.79 Å². The minimum absolute atomic E-state index is 0.0603. The molecule has 5 heteroatoms. The summed E-state index contributed by atoms with van der Waals surface area (Å²) in [7, 11) is 0. The highest BCUT2D eigenvalue weighted by atomic mass is 16.7. The number of rotatable bonds is 1. The first-order chi connectivity index (χ1) is 9.27. The Morgan fingerprint density at radius 2 is 1.84 bits per heavy atom. The maximum Gasteiger partial charge on any atom is 0.317 e. The van der Waals surface area contributed by atoms with Crippen molar-refractivity contribution >= 4 is 6.03 Å². The molecule has 1 saturated carbocycles. The van der Waals surface area contributed by atoms with Crippen LogP contribution in [-0.2, 0) is 9.47 Å². The zero-order valence-electron chi connectivity index (χ0n) is 11.5. The molecule has 5 nitrogen and oxygen atoms in total. The monoisotopic (exact) mass is 268 g/mol. The topological polar surface area (TPSA) is 50.8 Å². The molecule has 2 aliphatic heterocycles. The van der Waals surface area contributed by atoms with Gasteiger partial charge >= 0.3 is 6.03 Å². The van der Waals surface area contributed by atoms with E-state index in [9.17, 15) is 4.79 Å². The number of piperidine rings is 1. The first-order valence-electron chi connectivity index (χ1n) is 7.61. The second-order valence-electron chi connectivity index (χ2n) is 5.92. The van der Waals surface area contributed by atoms with Crippen molar-refractivity contribution in [2.45, 2.75) is 56.8 Å². The summed E-state index contributed by atoms with van der Waals surface area (Å²) in [4.78, 5) is 14.2. The van der Waals surface area contributed by atoms with Crippen LogP contribution in [0.15, 0.2) is 0 Å². The standard InChI is InChI=1S/C14H24N2O3/c17-13(15-12-5-2-1-3-6-12)16-8-4-7-14(11-16)18-9-10-19-14/h12H,1-11H2,(H,15,17). The summed E-state index contributed by atoms with van der Waals surface area (Å²) in [5, 5.41) is 3.17. The van der Waals surface area contributed by atoms with Gasteiger partial charge in [0.1, 0.15) is 0 Å². The lowest BCUT2D eigenvalue weighted by atomic mass is 9.95. The van der Waals surface area contributed by atoms with Gasteiger partial charge < -0.3 is 19.7 Å². The zero-order valence-corrected chi connectivity index (χ0v) is 11.5. The number of urea groups is 1. The van der Waals surface area contributed by atoms with E-state index in [0.29, 0.717) is 25.8 Å². The van der Waals surface area contributed by atoms with E-state index >= 15 is 0 Å². The molecule has 0 bridgehead atoms. The number of hydrogen-bond acceptors (Lipinski definition) is 3. The van der Waals surface area contributed by atoms with E-state index in [1.165, 1.54) is 19.3 Å². The Bertz CT molecular complexity index is 323. The maximum absolute atomic E-state index is 12.3. The van der Waals surface area contributed by atoms with Gasteiger partial charge in [-0.1, -0.05) is 19.3 Å². The van der Waals surface area contributed by atoms with E-state index in [4.69, 9.17) is 9.47 Å². The molecule has 3 rings (SSSR count). The molecule has 3 fully saturated rings. The van der Waals surface area contributed by atoms with Crippen LogP contribution in [0.25, 0.3) is 0 Å². The Labute approximate surface area is 114 Å². The second kappa shape index (κ2) is 5.67. The summed E-state index contributed by atoms with van der Waals surface area (Å²) >= 11 is 0. The summed E-state index contributed by atoms with van der Waals surface area (Å²) in [5.74, 6) is -0.512. The summed E-state index contributed by atoms with van der Waals surface area (Å²) in [6.45, 7) is 2.69. The minimum atomic E-state index is -0.512. The van der Waals surface area contributed by atoms with Crippen molar-refractivity contribution in [3.8, 4) is 0 Å². The molecular weight excluding hydrogens is 244 g/mol. The quantitative estimate of drug-likeness (QED) is 0.790. The molecule has 0 aromatic carbocycles. The first-order valence-corrected chi connectivity index (χ1v) is 7.61. The molecule has 1 aliphatic carbocycles. The second-order valence-corrected chi connectivity index (χ2v) is 5.92. The molecule has 1 spiro atoms. The molecule has 1 N–H and O–H groups in total. The Morgan fingerprint density at radius 3 is 2.58 bits per heavy atom. The third-order valence-electron chi connectivity index (χ3n) is 4.45. The van der Waals surface area contributed by atoms with Gasteiger partial charge in [-0.3, -0.25) is 0 Å². The number of hydrogen-bond donors (Lipinski definition) is 1. The number of nitrogens with zero attached hydrogens (tertiary/aromatic N) is 1. The SMILES string of the molecule is O=C(NC1CCCCC1)N1CCCC2(C1)OCCO2. The van der Waals surface area contributed by atoms with Crippen molar-refractivity contribution in [2.75, 3.05) is 26.3 Å². The Kier molecular flexibility index (Phi) is 3.93. The Balaban J connectivity index is 1.54. The average Bonchev–Trinajstić information content (AvgIpc) is 2.88. The lowest BCUT2D eigenvalue weighted by Crippen LogP contribution is -2.55. The molecule has 108 valence electrons. The average molecular weight is 268 g/mol. The highest BCUT2D eigenvalue weighted by Crippen LogP contribution is 2.30. The fraction of sp³-hybridized carbons (Fsp3) is 0.929. The third-order valence-corrected chi connectivity index (χ3v) is 4.45. The lowest BCUT2D eigenvalue weighted by molar-refractivity contribution is -0.182. The van der Waals surface area contributed by atoms with Crippen molar-refractivity contribution in [3.63, 3.8) is 0 Å². The van der Waals surface area contributed by atoms with Gasteiger partial charge in [0.15, 0.2) is 5.79 Å². The highest BCUT2D eigenvalue weighted by Gasteiger charge is 2.42. The van der Waals surface area contributed by atoms with Crippen LogP contribution < -0.4 is 5.32 Å². The van der Waals surface area contributed by atoms with Gasteiger partial charge in [-0.05, 0) is 19.3 Å². The van der Waals surface area contributed by atoms with Crippen molar-refractivity contribution in [3.05, 3.63) is 0 Å². The summed E-state index contributed by atoms with van der Waals surface area (Å²) in [5.41, 5.74) is 0. The van der Waals surface area contributed by atoms with Crippen molar-refractivity contribution in [1.29, 1.82) is 0 Å². The molecule has 3 aliphatic rings. The Hall–Kier alpha value is -0.810. The summed E-state index contributed by atoms with van der Waals surface area (Å²) in [6.07, 6.45) is 7.89. The van der Waals surface area contributed by atoms with Crippen molar-refractivity contribution in [2.24, 2.45) is 0 Å². The van der Waals surface area contributed by atoms with Crippen molar-refractivity contribution < 1.29 is 14.3 Å². The van der Waals surface area contributed by atoms with Crippen LogP contribution in [0.5, 0.6) is 0 Å². The fourth-order valence-electron chi connectivity index (χ4n) is 3.41. The van der Waals surface area contributed by atoms with Crippen LogP contribution in [-0.4, -0.2) is 49.1 Å². The van der Waals surface area contributed by atoms with Gasteiger partial charge in [-0.25, -0.2) is 4.79 Å². The molecular formula is C14H24N2O3. The fourth-order valence-corrected chi connectivity index (χ4v) is 3.41. The van der Waals surface area contributed by atoms with E-state index in [-0.39, 0.29) is 6.03 Å². The molecule has 0 aromatic rings. The molecule has 19 heavy (non-hydrogen) atoms. The Morgan fingerprint density at radius 1 is 1.11 bits per heavy atom. The van der Waals surface area contributed by atoms with Crippen molar-refractivity contribution in [1.82, 2.24) is 10.2 Å². The van der Waals surface area contributed by atoms with Gasteiger partial charge in [0.05, 0.1) is 19.8 Å². The third kappa shape index (κ3) is 3.03. The van der Waals surface area contributed by atoms with Crippen LogP contribution in [0.4, 0.5) is 4.79 Å². The zero-order chi connectivity index (χ0) is 13.1. The normalized spacial score (nSPS) is 27.7. The van der Waals surface area contributed by atoms with E-state index in [2.05, 4.69) is 5.32 Å². The van der Waals surface area contributed by atoms with Gasteiger partial charge in [-0.15, -0.1) is 0 Å². The van der Waals surface area contributed by atoms with Crippen LogP contribution in [0.2, 0.25) is 0 Å². The summed E-state index contributed by atoms with van der Waals surface area (Å²) in [6, 6.07) is 0.426. The van der Waals surface area contributed by atoms with Gasteiger partial charge in [0.25, 0.3) is 0 Å². The smallest absolute Gasteiger partial charge is 0.317 e. The van der Waals surface area contributed by atoms with E-state index in [1.807, 2.05) is 4.90 Å². The van der Waals surface area contributed by atoms with E-state index in [0.717, 1.165) is 32.2 Å². The first kappa shape index (κ1) is 13.2. The molecule has 0 atom stereocenters. The lowest BCUT2D eigenvalue weighted by Gasteiger charge is -2.39. The predicted molar refractivity (Wildman–Crippen MR) is 70.8 cm³/mol. The number of nitrogens with one attached hydrogen (secondary N) is 1. The van der Waals surface area contributed by atoms with Gasteiger partial charge in [0, 0.05) is 19.0 Å². The largest absolute Gasteiger partial charge is 0.346 e. The van der Waals surface area contributed by atoms with Gasteiger partial charge in [-0.2, -0.15) is 0 Å². The number of amides is 2. The highest BCUT2D eigenvalue weighted by molar-refractivity contribution is 5.74. The molecule has 0 aromatic heterocycles. The van der Waals surface area contributed by atoms with Crippen LogP contribution >= 0.6 is 0 Å². The minimum Gasteiger partial charge on any atom is -0.346 e. The number of carbonyl (C=O) groups excluding carboxylic acids is 1. The maximum atomic E-state index is 12.3. The van der Waals surface area contributed by atoms with Crippen LogP contribution in [0.1, 0.15) is 44.9 Å². The molecule has 0 radical (unpaired) electrons. The van der Waals surface area contributed by atoms with E-state index in [1.54, 1.807) is 0 Å². The summed E-state index contributed by atoms with van der Waals surface area (Å²) < 4.78 is 11.4. The van der Waals surface area contributed by atoms with Crippen LogP contribution in [0, 0.1) is 0 Å².